The number of para-hydroxylation sites is 1. The summed E-state index contributed by atoms with van der Waals surface area (Å²) in [6.45, 7) is 7.98. The van der Waals surface area contributed by atoms with Crippen LogP contribution in [-0.4, -0.2) is 54.2 Å². The van der Waals surface area contributed by atoms with E-state index in [1.807, 2.05) is 0 Å². The van der Waals surface area contributed by atoms with Crippen molar-refractivity contribution in [1.82, 2.24) is 0 Å². The third-order valence-electron chi connectivity index (χ3n) is 8.26. The summed E-state index contributed by atoms with van der Waals surface area (Å²) in [6, 6.07) is 9.70. The van der Waals surface area contributed by atoms with E-state index in [2.05, 4.69) is 48.3 Å². The minimum Gasteiger partial charge on any atom is -0.380 e. The number of nitrogens with zero attached hydrogens (tertiary/aromatic N) is 1. The number of nitrogens with one attached hydrogen (secondary N) is 1. The lowest BCUT2D eigenvalue weighted by Gasteiger charge is -2.57. The van der Waals surface area contributed by atoms with Crippen LogP contribution in [0.25, 0.3) is 0 Å². The van der Waals surface area contributed by atoms with Gasteiger partial charge in [0.05, 0.1) is 31.2 Å². The number of hydrogen-bond donors (Lipinski definition) is 2. The fourth-order valence-electron chi connectivity index (χ4n) is 7.43. The van der Waals surface area contributed by atoms with Gasteiger partial charge in [-0.05, 0) is 23.3 Å². The van der Waals surface area contributed by atoms with E-state index in [0.29, 0.717) is 18.6 Å². The van der Waals surface area contributed by atoms with Crippen LogP contribution in [0.1, 0.15) is 18.4 Å². The summed E-state index contributed by atoms with van der Waals surface area (Å²) in [4.78, 5) is 0. The van der Waals surface area contributed by atoms with Crippen molar-refractivity contribution in [1.29, 1.82) is 0 Å². The van der Waals surface area contributed by atoms with E-state index in [9.17, 15) is 5.11 Å². The highest BCUT2D eigenvalue weighted by molar-refractivity contribution is 5.64. The first-order valence-corrected chi connectivity index (χ1v) is 10.0. The van der Waals surface area contributed by atoms with Crippen molar-refractivity contribution < 1.29 is 14.3 Å². The van der Waals surface area contributed by atoms with E-state index in [4.69, 9.17) is 4.74 Å². The van der Waals surface area contributed by atoms with Gasteiger partial charge in [0.1, 0.15) is 12.6 Å². The first-order chi connectivity index (χ1) is 12.7. The van der Waals surface area contributed by atoms with Crippen LogP contribution in [-0.2, 0) is 10.2 Å². The Bertz CT molecular complexity index is 820. The normalized spacial score (nSPS) is 47.3. The first kappa shape index (κ1) is 15.4. The molecule has 2 unspecified atom stereocenters. The Balaban J connectivity index is 1.60. The molecule has 4 heteroatoms. The van der Waals surface area contributed by atoms with Crippen molar-refractivity contribution in [2.75, 3.05) is 31.6 Å². The van der Waals surface area contributed by atoms with Crippen LogP contribution in [0.2, 0.25) is 0 Å². The standard InChI is InChI=1S/C22H27N2O2/c1-2-9-24-10-8-22-16-5-3-4-6-17(16)23-20(22)19-15(12-18(22)24)14(13-24)7-11-26-21(19)25/h2-7,15,18-21,23,25H,1,8-13H2/q+1/t15-,18-,19+,20-,21+,22?,24?/m0/s1. The molecule has 1 spiro atoms. The van der Waals surface area contributed by atoms with Crippen LogP contribution in [0.15, 0.2) is 48.6 Å². The minimum atomic E-state index is -0.682. The maximum Gasteiger partial charge on any atom is 0.160 e. The summed E-state index contributed by atoms with van der Waals surface area (Å²) in [5.41, 5.74) is 4.37. The van der Waals surface area contributed by atoms with Crippen LogP contribution in [0.4, 0.5) is 5.69 Å². The van der Waals surface area contributed by atoms with Crippen LogP contribution in [0, 0.1) is 11.8 Å². The molecular formula is C22H27N2O2+. The Morgan fingerprint density at radius 1 is 1.38 bits per heavy atom. The molecule has 0 aromatic heterocycles. The van der Waals surface area contributed by atoms with Crippen molar-refractivity contribution in [3.8, 4) is 0 Å². The number of benzene rings is 1. The molecule has 2 saturated heterocycles. The number of quaternary nitrogens is 1. The third-order valence-corrected chi connectivity index (χ3v) is 8.26. The molecule has 6 rings (SSSR count). The van der Waals surface area contributed by atoms with Crippen molar-refractivity contribution in [2.24, 2.45) is 11.8 Å². The quantitative estimate of drug-likeness (QED) is 0.635. The molecule has 5 aliphatic rings. The molecule has 0 amide bonds. The number of rotatable bonds is 2. The predicted molar refractivity (Wildman–Crippen MR) is 101 cm³/mol. The Morgan fingerprint density at radius 2 is 2.27 bits per heavy atom. The van der Waals surface area contributed by atoms with Crippen LogP contribution in [0.3, 0.4) is 0 Å². The van der Waals surface area contributed by atoms with Crippen LogP contribution < -0.4 is 5.32 Å². The zero-order chi connectivity index (χ0) is 17.5. The second-order valence-corrected chi connectivity index (χ2v) is 8.97. The average Bonchev–Trinajstić information content (AvgIpc) is 3.10. The molecule has 26 heavy (non-hydrogen) atoms. The maximum absolute atomic E-state index is 10.9. The highest BCUT2D eigenvalue weighted by Crippen LogP contribution is 2.64. The fraction of sp³-hybridized carbons (Fsp3) is 0.545. The highest BCUT2D eigenvalue weighted by atomic mass is 16.6. The summed E-state index contributed by atoms with van der Waals surface area (Å²) >= 11 is 0. The number of hydrogen-bond acceptors (Lipinski definition) is 3. The Labute approximate surface area is 154 Å². The Morgan fingerprint density at radius 3 is 3.15 bits per heavy atom. The van der Waals surface area contributed by atoms with Gasteiger partial charge in [-0.25, -0.2) is 0 Å². The lowest BCUT2D eigenvalue weighted by Crippen LogP contribution is -2.69. The molecule has 4 nitrogen and oxygen atoms in total. The van der Waals surface area contributed by atoms with Crippen LogP contribution in [0.5, 0.6) is 0 Å². The summed E-state index contributed by atoms with van der Waals surface area (Å²) in [5, 5.41) is 14.8. The predicted octanol–water partition coefficient (Wildman–Crippen LogP) is 2.42. The van der Waals surface area contributed by atoms with E-state index in [0.717, 1.165) is 24.0 Å². The zero-order valence-corrected chi connectivity index (χ0v) is 15.1. The number of ether oxygens (including phenoxy) is 1. The SMILES string of the molecule is C=CC[N+]12CCC34c5ccccc5N[C@H]3[C@@H]3[C@H](O)OCC=C(C1)[C@@H]3C[C@@H]42. The molecule has 7 atom stereocenters. The maximum atomic E-state index is 10.9. The van der Waals surface area contributed by atoms with E-state index in [1.165, 1.54) is 29.8 Å². The van der Waals surface area contributed by atoms with E-state index in [1.54, 1.807) is 0 Å². The van der Waals surface area contributed by atoms with Gasteiger partial charge in [0.15, 0.2) is 6.29 Å². The third kappa shape index (κ3) is 1.62. The molecule has 1 aromatic carbocycles. The average molecular weight is 351 g/mol. The van der Waals surface area contributed by atoms with E-state index < -0.39 is 6.29 Å². The molecule has 1 aliphatic carbocycles. The number of fused-ring (bicyclic) bond motifs is 2. The summed E-state index contributed by atoms with van der Waals surface area (Å²) in [5.74, 6) is 0.572. The van der Waals surface area contributed by atoms with Gasteiger partial charge in [-0.1, -0.05) is 30.9 Å². The van der Waals surface area contributed by atoms with Gasteiger partial charge < -0.3 is 19.6 Å². The number of anilines is 1. The lowest BCUT2D eigenvalue weighted by molar-refractivity contribution is -0.937. The monoisotopic (exact) mass is 351 g/mol. The minimum absolute atomic E-state index is 0.112. The molecule has 4 aliphatic heterocycles. The van der Waals surface area contributed by atoms with Crippen molar-refractivity contribution in [2.45, 2.75) is 36.6 Å². The Hall–Kier alpha value is -1.62. The van der Waals surface area contributed by atoms with Crippen molar-refractivity contribution in [3.63, 3.8) is 0 Å². The summed E-state index contributed by atoms with van der Waals surface area (Å²) < 4.78 is 6.98. The molecular weight excluding hydrogens is 324 g/mol. The number of aliphatic hydroxyl groups is 1. The summed E-state index contributed by atoms with van der Waals surface area (Å²) in [6.07, 6.45) is 6.05. The van der Waals surface area contributed by atoms with Gasteiger partial charge in [0, 0.05) is 30.4 Å². The largest absolute Gasteiger partial charge is 0.380 e. The molecule has 1 aromatic rings. The van der Waals surface area contributed by atoms with E-state index >= 15 is 0 Å². The topological polar surface area (TPSA) is 41.5 Å². The van der Waals surface area contributed by atoms with Gasteiger partial charge in [-0.3, -0.25) is 0 Å². The number of aliphatic hydroxyl groups excluding tert-OH is 1. The first-order valence-electron chi connectivity index (χ1n) is 10.0. The van der Waals surface area contributed by atoms with Gasteiger partial charge in [0.2, 0.25) is 0 Å². The van der Waals surface area contributed by atoms with Gasteiger partial charge in [0.25, 0.3) is 0 Å². The molecule has 0 radical (unpaired) electrons. The Kier molecular flexibility index (Phi) is 2.97. The van der Waals surface area contributed by atoms with Crippen molar-refractivity contribution >= 4 is 5.69 Å². The molecule has 136 valence electrons. The molecule has 4 heterocycles. The lowest BCUT2D eigenvalue weighted by atomic mass is 9.55. The fourth-order valence-corrected chi connectivity index (χ4v) is 7.43. The second kappa shape index (κ2) is 5.00. The smallest absolute Gasteiger partial charge is 0.160 e. The van der Waals surface area contributed by atoms with Crippen LogP contribution >= 0.6 is 0 Å². The second-order valence-electron chi connectivity index (χ2n) is 8.97. The van der Waals surface area contributed by atoms with Gasteiger partial charge in [-0.2, -0.15) is 0 Å². The zero-order valence-electron chi connectivity index (χ0n) is 15.1. The highest BCUT2D eigenvalue weighted by Gasteiger charge is 2.72. The molecule has 2 bridgehead atoms. The molecule has 1 saturated carbocycles. The van der Waals surface area contributed by atoms with Crippen molar-refractivity contribution in [3.05, 3.63) is 54.1 Å². The molecule has 3 fully saturated rings. The van der Waals surface area contributed by atoms with Gasteiger partial charge in [-0.15, -0.1) is 0 Å². The number of piperidine rings is 1. The summed E-state index contributed by atoms with van der Waals surface area (Å²) in [7, 11) is 0. The molecule has 2 N–H and O–H groups in total. The van der Waals surface area contributed by atoms with Gasteiger partial charge >= 0.3 is 0 Å². The van der Waals surface area contributed by atoms with E-state index in [-0.39, 0.29) is 17.4 Å².